The van der Waals surface area contributed by atoms with E-state index < -0.39 is 41.9 Å². The van der Waals surface area contributed by atoms with Gasteiger partial charge in [-0.05, 0) is 75.5 Å². The molecule has 0 radical (unpaired) electrons. The van der Waals surface area contributed by atoms with Crippen LogP contribution in [0.2, 0.25) is 5.02 Å². The van der Waals surface area contributed by atoms with Crippen LogP contribution in [0.5, 0.6) is 6.01 Å². The third-order valence-corrected chi connectivity index (χ3v) is 7.74. The van der Waals surface area contributed by atoms with Gasteiger partial charge in [-0.15, -0.1) is 0 Å². The van der Waals surface area contributed by atoms with E-state index in [1.54, 1.807) is 24.3 Å². The monoisotopic (exact) mass is 824 g/mol. The number of hydrogen-bond donors (Lipinski definition) is 5. The van der Waals surface area contributed by atoms with Gasteiger partial charge in [0.25, 0.3) is 5.91 Å². The molecule has 2 aromatic carbocycles. The van der Waals surface area contributed by atoms with Crippen molar-refractivity contribution in [2.24, 2.45) is 5.41 Å². The lowest BCUT2D eigenvalue weighted by atomic mass is 9.93. The number of aromatic nitrogens is 3. The molecule has 0 aliphatic carbocycles. The van der Waals surface area contributed by atoms with Crippen molar-refractivity contribution in [3.63, 3.8) is 0 Å². The smallest absolute Gasteiger partial charge is 0.422 e. The van der Waals surface area contributed by atoms with Crippen molar-refractivity contribution in [2.75, 3.05) is 30.3 Å². The molecule has 5 N–H and O–H groups in total. The lowest BCUT2D eigenvalue weighted by Crippen LogP contribution is -2.46. The van der Waals surface area contributed by atoms with Crippen molar-refractivity contribution >= 4 is 69.4 Å². The summed E-state index contributed by atoms with van der Waals surface area (Å²) >= 11 is 8.10. The second kappa shape index (κ2) is 17.3. The molecule has 50 heavy (non-hydrogen) atoms. The number of rotatable bonds is 14. The minimum atomic E-state index is -4.59. The Bertz CT molecular complexity index is 1780. The number of ether oxygens (including phenoxy) is 1. The zero-order chi connectivity index (χ0) is 36.3. The molecule has 0 spiro atoms. The summed E-state index contributed by atoms with van der Waals surface area (Å²) in [6.07, 6.45) is -3.28. The molecule has 0 atom stereocenters. The number of hydrogen-bond acceptors (Lipinski definition) is 9. The van der Waals surface area contributed by atoms with Crippen LogP contribution in [0.4, 0.5) is 30.6 Å². The molecule has 0 unspecified atom stereocenters. The molecule has 264 valence electrons. The lowest BCUT2D eigenvalue weighted by Gasteiger charge is -2.25. The Hall–Kier alpha value is -4.71. The van der Waals surface area contributed by atoms with Crippen LogP contribution in [-0.2, 0) is 22.7 Å². The molecule has 4 aromatic rings. The molecule has 0 fully saturated rings. The number of halogens is 5. The number of anilines is 3. The van der Waals surface area contributed by atoms with Crippen molar-refractivity contribution < 1.29 is 32.3 Å². The van der Waals surface area contributed by atoms with E-state index in [2.05, 4.69) is 64.1 Å². The van der Waals surface area contributed by atoms with Crippen LogP contribution in [0.3, 0.4) is 0 Å². The Morgan fingerprint density at radius 1 is 0.800 bits per heavy atom. The average Bonchev–Trinajstić information content (AvgIpc) is 3.08. The minimum absolute atomic E-state index is 0.0906. The average molecular weight is 825 g/mol. The number of nitrogens with one attached hydrogen (secondary N) is 5. The lowest BCUT2D eigenvalue weighted by molar-refractivity contribution is -0.154. The first-order valence-electron chi connectivity index (χ1n) is 15.0. The second-order valence-electron chi connectivity index (χ2n) is 11.7. The first-order chi connectivity index (χ1) is 23.6. The third kappa shape index (κ3) is 13.0. The number of pyridine rings is 1. The van der Waals surface area contributed by atoms with E-state index >= 15 is 0 Å². The Morgan fingerprint density at radius 2 is 1.42 bits per heavy atom. The SMILES string of the molecule is CC(C)(CNC(=O)C(=O)NCc1ccc(I)cc1)CNC(=O)c1ccc(Nc2cc(NCc3ccc(Cl)cc3)nc(OCC(F)(F)F)n2)nc1. The van der Waals surface area contributed by atoms with Gasteiger partial charge < -0.3 is 31.3 Å². The Labute approximate surface area is 304 Å². The maximum Gasteiger partial charge on any atom is 0.422 e. The predicted molar refractivity (Wildman–Crippen MR) is 190 cm³/mol. The van der Waals surface area contributed by atoms with E-state index in [-0.39, 0.29) is 42.7 Å². The zero-order valence-electron chi connectivity index (χ0n) is 26.8. The fourth-order valence-corrected chi connectivity index (χ4v) is 4.55. The van der Waals surface area contributed by atoms with Gasteiger partial charge in [-0.3, -0.25) is 14.4 Å². The van der Waals surface area contributed by atoms with Crippen LogP contribution in [0.1, 0.15) is 35.3 Å². The molecule has 12 nitrogen and oxygen atoms in total. The standard InChI is InChI=1S/C33H33ClF3IN8O4/c1-32(2,18-43-30(49)29(48)41-15-21-5-10-24(38)11-6-21)17-42-28(47)22-7-12-25(40-16-22)44-27-13-26(39-14-20-3-8-23(34)9-4-20)45-31(46-27)50-19-33(35,36)37/h3-13,16H,14-15,17-19H2,1-2H3,(H,41,48)(H,42,47)(H,43,49)(H2,39,40,44,45,46). The molecule has 0 saturated heterocycles. The molecule has 0 aliphatic heterocycles. The number of alkyl halides is 3. The van der Waals surface area contributed by atoms with E-state index in [0.717, 1.165) is 14.7 Å². The molecule has 3 amide bonds. The van der Waals surface area contributed by atoms with E-state index in [1.165, 1.54) is 24.4 Å². The van der Waals surface area contributed by atoms with Gasteiger partial charge in [0.05, 0.1) is 5.56 Å². The van der Waals surface area contributed by atoms with Crippen molar-refractivity contribution in [2.45, 2.75) is 33.1 Å². The zero-order valence-corrected chi connectivity index (χ0v) is 29.7. The first-order valence-corrected chi connectivity index (χ1v) is 16.5. The predicted octanol–water partition coefficient (Wildman–Crippen LogP) is 5.62. The maximum absolute atomic E-state index is 12.8. The summed E-state index contributed by atoms with van der Waals surface area (Å²) < 4.78 is 44.2. The molecule has 0 bridgehead atoms. The van der Waals surface area contributed by atoms with Crippen LogP contribution in [0.15, 0.2) is 72.9 Å². The van der Waals surface area contributed by atoms with Gasteiger partial charge in [-0.25, -0.2) is 4.98 Å². The van der Waals surface area contributed by atoms with E-state index in [0.29, 0.717) is 11.6 Å². The summed E-state index contributed by atoms with van der Waals surface area (Å²) in [6, 6.07) is 18.4. The highest BCUT2D eigenvalue weighted by molar-refractivity contribution is 14.1. The quantitative estimate of drug-likeness (QED) is 0.0805. The van der Waals surface area contributed by atoms with Gasteiger partial charge in [-0.2, -0.15) is 23.1 Å². The molecule has 0 aliphatic rings. The Morgan fingerprint density at radius 3 is 2.08 bits per heavy atom. The molecule has 17 heteroatoms. The third-order valence-electron chi connectivity index (χ3n) is 6.77. The fraction of sp³-hybridized carbons (Fsp3) is 0.273. The van der Waals surface area contributed by atoms with Gasteiger partial charge >= 0.3 is 24.0 Å². The number of amides is 3. The summed E-state index contributed by atoms with van der Waals surface area (Å²) in [5.74, 6) is -1.46. The number of carbonyl (C=O) groups is 3. The first kappa shape index (κ1) is 38.1. The van der Waals surface area contributed by atoms with Crippen molar-refractivity contribution in [1.29, 1.82) is 0 Å². The Balaban J connectivity index is 1.29. The number of nitrogens with zero attached hydrogens (tertiary/aromatic N) is 3. The highest BCUT2D eigenvalue weighted by Crippen LogP contribution is 2.23. The molecule has 2 heterocycles. The summed E-state index contributed by atoms with van der Waals surface area (Å²) in [5, 5.41) is 14.4. The van der Waals surface area contributed by atoms with E-state index in [1.807, 2.05) is 38.1 Å². The fourth-order valence-electron chi connectivity index (χ4n) is 4.07. The molecule has 4 rings (SSSR count). The summed E-state index contributed by atoms with van der Waals surface area (Å²) in [4.78, 5) is 49.6. The second-order valence-corrected chi connectivity index (χ2v) is 13.4. The highest BCUT2D eigenvalue weighted by atomic mass is 127. The van der Waals surface area contributed by atoms with Gasteiger partial charge in [0.15, 0.2) is 6.61 Å². The normalized spacial score (nSPS) is 11.3. The number of carbonyl (C=O) groups excluding carboxylic acids is 3. The van der Waals surface area contributed by atoms with E-state index in [4.69, 9.17) is 16.3 Å². The molecular formula is C33H33ClF3IN8O4. The minimum Gasteiger partial charge on any atom is -0.454 e. The number of benzene rings is 2. The molecular weight excluding hydrogens is 792 g/mol. The van der Waals surface area contributed by atoms with Crippen molar-refractivity contribution in [3.8, 4) is 6.01 Å². The van der Waals surface area contributed by atoms with Gasteiger partial charge in [-0.1, -0.05) is 49.7 Å². The summed E-state index contributed by atoms with van der Waals surface area (Å²) in [7, 11) is 0. The largest absolute Gasteiger partial charge is 0.454 e. The summed E-state index contributed by atoms with van der Waals surface area (Å²) in [6.45, 7) is 2.84. The van der Waals surface area contributed by atoms with Crippen LogP contribution in [0.25, 0.3) is 0 Å². The van der Waals surface area contributed by atoms with Crippen LogP contribution in [0, 0.1) is 8.99 Å². The van der Waals surface area contributed by atoms with Crippen molar-refractivity contribution in [3.05, 3.63) is 98.2 Å². The topological polar surface area (TPSA) is 159 Å². The van der Waals surface area contributed by atoms with Crippen LogP contribution < -0.4 is 31.3 Å². The van der Waals surface area contributed by atoms with Gasteiger partial charge in [0.1, 0.15) is 17.5 Å². The molecule has 2 aromatic heterocycles. The van der Waals surface area contributed by atoms with Gasteiger partial charge in [0, 0.05) is 47.0 Å². The highest BCUT2D eigenvalue weighted by Gasteiger charge is 2.29. The van der Waals surface area contributed by atoms with Crippen molar-refractivity contribution in [1.82, 2.24) is 30.9 Å². The van der Waals surface area contributed by atoms with E-state index in [9.17, 15) is 27.6 Å². The van der Waals surface area contributed by atoms with Gasteiger partial charge in [0.2, 0.25) is 0 Å². The van der Waals surface area contributed by atoms with Crippen LogP contribution >= 0.6 is 34.2 Å². The summed E-state index contributed by atoms with van der Waals surface area (Å²) in [5.41, 5.74) is 1.33. The van der Waals surface area contributed by atoms with Crippen LogP contribution in [-0.4, -0.2) is 58.5 Å². The molecule has 0 saturated carbocycles. The Kier molecular flexibility index (Phi) is 13.2. The maximum atomic E-state index is 12.8.